The Morgan fingerprint density at radius 3 is 2.26 bits per heavy atom. The number of rotatable bonds is 4. The third kappa shape index (κ3) is 3.58. The minimum absolute atomic E-state index is 0.261. The van der Waals surface area contributed by atoms with E-state index in [1.165, 1.54) is 17.9 Å². The van der Waals surface area contributed by atoms with Gasteiger partial charge in [-0.2, -0.15) is 0 Å². The Bertz CT molecular complexity index is 675. The molecule has 2 rings (SSSR count). The second-order valence-corrected chi connectivity index (χ2v) is 6.37. The van der Waals surface area contributed by atoms with Crippen molar-refractivity contribution in [1.29, 1.82) is 0 Å². The molecule has 4 heteroatoms. The topological polar surface area (TPSA) is 43.4 Å². The highest BCUT2D eigenvalue weighted by Gasteiger charge is 2.08. The van der Waals surface area contributed by atoms with Crippen molar-refractivity contribution in [2.45, 2.75) is 18.2 Å². The summed E-state index contributed by atoms with van der Waals surface area (Å²) in [6.45, 7) is 2.07. The van der Waals surface area contributed by atoms with Crippen LogP contribution in [0.15, 0.2) is 53.4 Å². The van der Waals surface area contributed by atoms with Crippen LogP contribution in [0, 0.1) is 0 Å². The van der Waals surface area contributed by atoms with E-state index in [0.717, 1.165) is 6.42 Å². The predicted molar refractivity (Wildman–Crippen MR) is 75.4 cm³/mol. The van der Waals surface area contributed by atoms with Gasteiger partial charge in [-0.3, -0.25) is 0 Å². The Morgan fingerprint density at radius 1 is 1.00 bits per heavy atom. The summed E-state index contributed by atoms with van der Waals surface area (Å²) in [5.74, 6) is 1.24. The molecule has 2 aromatic rings. The van der Waals surface area contributed by atoms with Crippen LogP contribution in [-0.2, 0) is 16.3 Å². The molecule has 0 N–H and O–H groups in total. The Hall–Kier alpha value is -1.81. The van der Waals surface area contributed by atoms with E-state index >= 15 is 0 Å². The molecule has 0 heterocycles. The number of sulfone groups is 1. The summed E-state index contributed by atoms with van der Waals surface area (Å²) in [6.07, 6.45) is 2.12. The van der Waals surface area contributed by atoms with Gasteiger partial charge in [-0.15, -0.1) is 0 Å². The molecule has 0 atom stereocenters. The zero-order valence-electron chi connectivity index (χ0n) is 11.0. The number of benzene rings is 2. The monoisotopic (exact) mass is 276 g/mol. The van der Waals surface area contributed by atoms with Crippen LogP contribution in [0.3, 0.4) is 0 Å². The first-order chi connectivity index (χ1) is 8.99. The average molecular weight is 276 g/mol. The zero-order valence-corrected chi connectivity index (χ0v) is 11.8. The molecule has 0 aliphatic rings. The molecule has 0 aliphatic carbocycles. The van der Waals surface area contributed by atoms with Gasteiger partial charge < -0.3 is 4.74 Å². The van der Waals surface area contributed by atoms with Gasteiger partial charge in [0.25, 0.3) is 0 Å². The van der Waals surface area contributed by atoms with Gasteiger partial charge >= 0.3 is 0 Å². The fourth-order valence-corrected chi connectivity index (χ4v) is 2.39. The maximum absolute atomic E-state index is 11.5. The lowest BCUT2D eigenvalue weighted by Gasteiger charge is -2.08. The Balaban J connectivity index is 2.28. The highest BCUT2D eigenvalue weighted by Crippen LogP contribution is 2.24. The molecule has 0 spiro atoms. The molecule has 0 saturated carbocycles. The summed E-state index contributed by atoms with van der Waals surface area (Å²) in [5, 5.41) is 0. The molecule has 19 heavy (non-hydrogen) atoms. The van der Waals surface area contributed by atoms with Gasteiger partial charge in [-0.1, -0.05) is 25.1 Å². The summed E-state index contributed by atoms with van der Waals surface area (Å²) >= 11 is 0. The van der Waals surface area contributed by atoms with Gasteiger partial charge in [-0.05, 0) is 42.3 Å². The molecule has 100 valence electrons. The molecule has 0 bridgehead atoms. The van der Waals surface area contributed by atoms with E-state index in [1.807, 2.05) is 24.3 Å². The van der Waals surface area contributed by atoms with Gasteiger partial charge in [0.05, 0.1) is 4.90 Å². The first-order valence-corrected chi connectivity index (χ1v) is 7.95. The lowest BCUT2D eigenvalue weighted by atomic mass is 10.2. The van der Waals surface area contributed by atoms with Gasteiger partial charge in [0.1, 0.15) is 11.5 Å². The van der Waals surface area contributed by atoms with E-state index < -0.39 is 9.84 Å². The van der Waals surface area contributed by atoms with Crippen molar-refractivity contribution in [2.24, 2.45) is 0 Å². The maximum atomic E-state index is 11.5. The van der Waals surface area contributed by atoms with Crippen molar-refractivity contribution >= 4 is 9.84 Å². The summed E-state index contributed by atoms with van der Waals surface area (Å²) in [5.41, 5.74) is 1.18. The molecule has 0 amide bonds. The second-order valence-electron chi connectivity index (χ2n) is 4.35. The number of hydrogen-bond donors (Lipinski definition) is 0. The molecule has 0 radical (unpaired) electrons. The van der Waals surface area contributed by atoms with Crippen LogP contribution >= 0.6 is 0 Å². The molecule has 0 aromatic heterocycles. The SMILES string of the molecule is CCc1cccc(Oc2cccc(S(C)(=O)=O)c2)c1. The molecule has 2 aromatic carbocycles. The number of ether oxygens (including phenoxy) is 1. The van der Waals surface area contributed by atoms with Crippen molar-refractivity contribution in [1.82, 2.24) is 0 Å². The third-order valence-electron chi connectivity index (χ3n) is 2.78. The minimum Gasteiger partial charge on any atom is -0.457 e. The predicted octanol–water partition coefficient (Wildman–Crippen LogP) is 3.44. The van der Waals surface area contributed by atoms with E-state index in [4.69, 9.17) is 4.74 Å². The Morgan fingerprint density at radius 2 is 1.63 bits per heavy atom. The standard InChI is InChI=1S/C15H16O3S/c1-3-12-6-4-7-13(10-12)18-14-8-5-9-15(11-14)19(2,16)17/h4-11H,3H2,1-2H3. The normalized spacial score (nSPS) is 11.3. The molecular weight excluding hydrogens is 260 g/mol. The quantitative estimate of drug-likeness (QED) is 0.859. The van der Waals surface area contributed by atoms with Gasteiger partial charge in [-0.25, -0.2) is 8.42 Å². The van der Waals surface area contributed by atoms with Gasteiger partial charge in [0, 0.05) is 6.26 Å². The molecular formula is C15H16O3S. The number of aryl methyl sites for hydroxylation is 1. The van der Waals surface area contributed by atoms with Crippen molar-refractivity contribution in [2.75, 3.05) is 6.26 Å². The van der Waals surface area contributed by atoms with Crippen LogP contribution in [-0.4, -0.2) is 14.7 Å². The third-order valence-corrected chi connectivity index (χ3v) is 3.89. The van der Waals surface area contributed by atoms with Crippen LogP contribution in [0.25, 0.3) is 0 Å². The Labute approximate surface area is 113 Å². The molecule has 0 saturated heterocycles. The molecule has 0 aliphatic heterocycles. The van der Waals surface area contributed by atoms with E-state index in [-0.39, 0.29) is 4.90 Å². The van der Waals surface area contributed by atoms with E-state index in [9.17, 15) is 8.42 Å². The van der Waals surface area contributed by atoms with Crippen molar-refractivity contribution in [3.8, 4) is 11.5 Å². The first-order valence-electron chi connectivity index (χ1n) is 6.06. The summed E-state index contributed by atoms with van der Waals surface area (Å²) < 4.78 is 28.7. The second kappa shape index (κ2) is 5.45. The van der Waals surface area contributed by atoms with Crippen LogP contribution in [0.4, 0.5) is 0 Å². The van der Waals surface area contributed by atoms with E-state index in [2.05, 4.69) is 6.92 Å². The van der Waals surface area contributed by atoms with Crippen LogP contribution in [0.1, 0.15) is 12.5 Å². The molecule has 0 unspecified atom stereocenters. The largest absolute Gasteiger partial charge is 0.457 e. The van der Waals surface area contributed by atoms with Crippen molar-refractivity contribution in [3.63, 3.8) is 0 Å². The maximum Gasteiger partial charge on any atom is 0.175 e. The van der Waals surface area contributed by atoms with Crippen LogP contribution < -0.4 is 4.74 Å². The lowest BCUT2D eigenvalue weighted by Crippen LogP contribution is -1.97. The van der Waals surface area contributed by atoms with Crippen molar-refractivity contribution < 1.29 is 13.2 Å². The highest BCUT2D eigenvalue weighted by atomic mass is 32.2. The number of hydrogen-bond acceptors (Lipinski definition) is 3. The summed E-state index contributed by atoms with van der Waals surface area (Å²) in [6, 6.07) is 14.3. The molecule has 3 nitrogen and oxygen atoms in total. The zero-order chi connectivity index (χ0) is 13.9. The lowest BCUT2D eigenvalue weighted by molar-refractivity contribution is 0.480. The average Bonchev–Trinajstić information content (AvgIpc) is 2.38. The fourth-order valence-electron chi connectivity index (χ4n) is 1.73. The summed E-state index contributed by atoms with van der Waals surface area (Å²) in [7, 11) is -3.21. The Kier molecular flexibility index (Phi) is 3.90. The van der Waals surface area contributed by atoms with Crippen molar-refractivity contribution in [3.05, 3.63) is 54.1 Å². The van der Waals surface area contributed by atoms with Crippen LogP contribution in [0.5, 0.6) is 11.5 Å². The van der Waals surface area contributed by atoms with E-state index in [0.29, 0.717) is 11.5 Å². The molecule has 0 fully saturated rings. The van der Waals surface area contributed by atoms with E-state index in [1.54, 1.807) is 18.2 Å². The summed E-state index contributed by atoms with van der Waals surface area (Å²) in [4.78, 5) is 0.261. The highest BCUT2D eigenvalue weighted by molar-refractivity contribution is 7.90. The van der Waals surface area contributed by atoms with Gasteiger partial charge in [0.15, 0.2) is 9.84 Å². The first kappa shape index (κ1) is 13.6. The van der Waals surface area contributed by atoms with Crippen LogP contribution in [0.2, 0.25) is 0 Å². The smallest absolute Gasteiger partial charge is 0.175 e. The minimum atomic E-state index is -3.21. The van der Waals surface area contributed by atoms with Gasteiger partial charge in [0.2, 0.25) is 0 Å². The fraction of sp³-hybridized carbons (Fsp3) is 0.200.